The highest BCUT2D eigenvalue weighted by Gasteiger charge is 2.36. The number of carbonyl (C=O) groups excluding carboxylic acids is 1. The Balaban J connectivity index is 1.72. The number of anilines is 2. The van der Waals surface area contributed by atoms with Crippen LogP contribution in [0.25, 0.3) is 0 Å². The van der Waals surface area contributed by atoms with Gasteiger partial charge in [0.05, 0.1) is 23.1 Å². The van der Waals surface area contributed by atoms with Crippen LogP contribution in [-0.2, 0) is 21.2 Å². The summed E-state index contributed by atoms with van der Waals surface area (Å²) in [6, 6.07) is 23.2. The molecular formula is C28H32N2O3S. The molecule has 0 saturated heterocycles. The molecule has 0 N–H and O–H groups in total. The fourth-order valence-corrected chi connectivity index (χ4v) is 6.07. The molecule has 34 heavy (non-hydrogen) atoms. The summed E-state index contributed by atoms with van der Waals surface area (Å²) in [6.45, 7) is 4.70. The van der Waals surface area contributed by atoms with Crippen molar-refractivity contribution >= 4 is 27.1 Å². The van der Waals surface area contributed by atoms with E-state index in [9.17, 15) is 13.2 Å². The number of hydrogen-bond donors (Lipinski definition) is 0. The van der Waals surface area contributed by atoms with Gasteiger partial charge < -0.3 is 9.80 Å². The number of benzene rings is 3. The topological polar surface area (TPSA) is 57.7 Å². The monoisotopic (exact) mass is 476 g/mol. The summed E-state index contributed by atoms with van der Waals surface area (Å²) in [5.41, 5.74) is 4.74. The van der Waals surface area contributed by atoms with Crippen molar-refractivity contribution in [1.82, 2.24) is 0 Å². The van der Waals surface area contributed by atoms with Crippen molar-refractivity contribution in [3.05, 3.63) is 89.5 Å². The molecule has 1 heterocycles. The molecule has 0 bridgehead atoms. The molecule has 4 rings (SSSR count). The average Bonchev–Trinajstić information content (AvgIpc) is 2.83. The van der Waals surface area contributed by atoms with Crippen molar-refractivity contribution in [3.8, 4) is 0 Å². The smallest absolute Gasteiger partial charge is 0.234 e. The minimum absolute atomic E-state index is 0.0158. The molecule has 0 radical (unpaired) electrons. The van der Waals surface area contributed by atoms with Crippen molar-refractivity contribution in [2.24, 2.45) is 0 Å². The van der Waals surface area contributed by atoms with Crippen LogP contribution in [0.1, 0.15) is 48.8 Å². The van der Waals surface area contributed by atoms with E-state index in [-0.39, 0.29) is 16.6 Å². The maximum atomic E-state index is 14.0. The molecule has 5 nitrogen and oxygen atoms in total. The second-order valence-electron chi connectivity index (χ2n) is 9.43. The molecule has 178 valence electrons. The number of rotatable bonds is 6. The summed E-state index contributed by atoms with van der Waals surface area (Å²) < 4.78 is 25.3. The van der Waals surface area contributed by atoms with Crippen LogP contribution in [0.4, 0.5) is 11.4 Å². The second kappa shape index (κ2) is 9.63. The summed E-state index contributed by atoms with van der Waals surface area (Å²) in [5.74, 6) is -0.188. The summed E-state index contributed by atoms with van der Waals surface area (Å²) in [7, 11) is 0.630. The Morgan fingerprint density at radius 3 is 2.15 bits per heavy atom. The van der Waals surface area contributed by atoms with Crippen molar-refractivity contribution in [2.75, 3.05) is 29.6 Å². The Labute approximate surface area is 202 Å². The summed E-state index contributed by atoms with van der Waals surface area (Å²) in [4.78, 5) is 18.1. The van der Waals surface area contributed by atoms with Crippen LogP contribution in [0.2, 0.25) is 0 Å². The fraction of sp³-hybridized carbons (Fsp3) is 0.321. The zero-order valence-corrected chi connectivity index (χ0v) is 21.0. The lowest BCUT2D eigenvalue weighted by Gasteiger charge is -2.31. The Bertz CT molecular complexity index is 1260. The van der Waals surface area contributed by atoms with Crippen LogP contribution in [-0.4, -0.2) is 34.2 Å². The second-order valence-corrected chi connectivity index (χ2v) is 11.5. The van der Waals surface area contributed by atoms with Gasteiger partial charge in [0, 0.05) is 25.5 Å². The van der Waals surface area contributed by atoms with Gasteiger partial charge in [0.25, 0.3) is 0 Å². The van der Waals surface area contributed by atoms with Gasteiger partial charge in [-0.05, 0) is 59.4 Å². The van der Waals surface area contributed by atoms with Gasteiger partial charge in [-0.1, -0.05) is 56.3 Å². The van der Waals surface area contributed by atoms with Gasteiger partial charge in [-0.2, -0.15) is 0 Å². The molecule has 6 heteroatoms. The van der Waals surface area contributed by atoms with Gasteiger partial charge in [0.15, 0.2) is 9.84 Å². The van der Waals surface area contributed by atoms with Crippen LogP contribution < -0.4 is 9.80 Å². The minimum atomic E-state index is -3.36. The standard InChI is InChI=1S/C28H32N2O3S/c1-20(2)22-11-15-24(16-12-22)30(19-21-9-13-23(14-10-21)29(3)4)28(31)26-17-18-34(32,33)27-8-6-5-7-25(26)27/h5-16,20,26H,17-19H2,1-4H3. The van der Waals surface area contributed by atoms with E-state index in [2.05, 4.69) is 26.0 Å². The van der Waals surface area contributed by atoms with Gasteiger partial charge in [-0.3, -0.25) is 4.79 Å². The quantitative estimate of drug-likeness (QED) is 0.480. The highest BCUT2D eigenvalue weighted by atomic mass is 32.2. The molecule has 3 aromatic carbocycles. The first-order chi connectivity index (χ1) is 16.2. The van der Waals surface area contributed by atoms with E-state index in [1.54, 1.807) is 23.1 Å². The Kier molecular flexibility index (Phi) is 6.80. The Hall–Kier alpha value is -3.12. The van der Waals surface area contributed by atoms with Gasteiger partial charge in [-0.15, -0.1) is 0 Å². The van der Waals surface area contributed by atoms with E-state index in [0.29, 0.717) is 24.4 Å². The van der Waals surface area contributed by atoms with E-state index in [0.717, 1.165) is 16.9 Å². The third kappa shape index (κ3) is 4.87. The number of amides is 1. The molecule has 1 atom stereocenters. The van der Waals surface area contributed by atoms with Crippen LogP contribution in [0.5, 0.6) is 0 Å². The molecule has 1 unspecified atom stereocenters. The summed E-state index contributed by atoms with van der Waals surface area (Å²) in [6.07, 6.45) is 0.290. The van der Waals surface area contributed by atoms with E-state index in [4.69, 9.17) is 0 Å². The van der Waals surface area contributed by atoms with Gasteiger partial charge in [-0.25, -0.2) is 8.42 Å². The first-order valence-corrected chi connectivity index (χ1v) is 13.3. The predicted octanol–water partition coefficient (Wildman–Crippen LogP) is 5.37. The first-order valence-electron chi connectivity index (χ1n) is 11.7. The fourth-order valence-electron chi connectivity index (χ4n) is 4.45. The Morgan fingerprint density at radius 2 is 1.53 bits per heavy atom. The predicted molar refractivity (Wildman–Crippen MR) is 138 cm³/mol. The maximum absolute atomic E-state index is 14.0. The van der Waals surface area contributed by atoms with Crippen LogP contribution in [0.3, 0.4) is 0 Å². The zero-order chi connectivity index (χ0) is 24.5. The average molecular weight is 477 g/mol. The highest BCUT2D eigenvalue weighted by Crippen LogP contribution is 2.36. The molecule has 0 saturated carbocycles. The number of sulfone groups is 1. The van der Waals surface area contributed by atoms with Crippen LogP contribution in [0, 0.1) is 0 Å². The molecule has 1 amide bonds. The van der Waals surface area contributed by atoms with E-state index < -0.39 is 15.8 Å². The molecule has 0 spiro atoms. The first kappa shape index (κ1) is 24.0. The number of fused-ring (bicyclic) bond motifs is 1. The summed E-state index contributed by atoms with van der Waals surface area (Å²) in [5, 5.41) is 0. The lowest BCUT2D eigenvalue weighted by Crippen LogP contribution is -2.37. The van der Waals surface area contributed by atoms with Crippen molar-refractivity contribution in [2.45, 2.75) is 43.5 Å². The molecule has 1 aliphatic heterocycles. The number of nitrogens with zero attached hydrogens (tertiary/aromatic N) is 2. The lowest BCUT2D eigenvalue weighted by molar-refractivity contribution is -0.120. The van der Waals surface area contributed by atoms with Gasteiger partial charge in [0.1, 0.15) is 0 Å². The number of carbonyl (C=O) groups is 1. The normalized spacial score (nSPS) is 16.7. The Morgan fingerprint density at radius 1 is 0.912 bits per heavy atom. The molecule has 0 aromatic heterocycles. The maximum Gasteiger partial charge on any atom is 0.234 e. The van der Waals surface area contributed by atoms with Crippen molar-refractivity contribution < 1.29 is 13.2 Å². The van der Waals surface area contributed by atoms with Gasteiger partial charge >= 0.3 is 0 Å². The molecule has 1 aliphatic rings. The zero-order valence-electron chi connectivity index (χ0n) is 20.2. The summed E-state index contributed by atoms with van der Waals surface area (Å²) >= 11 is 0. The SMILES string of the molecule is CC(C)c1ccc(N(Cc2ccc(N(C)C)cc2)C(=O)C2CCS(=O)(=O)c3ccccc32)cc1. The molecule has 0 aliphatic carbocycles. The van der Waals surface area contributed by atoms with Crippen LogP contribution >= 0.6 is 0 Å². The van der Waals surface area contributed by atoms with Crippen molar-refractivity contribution in [3.63, 3.8) is 0 Å². The molecule has 3 aromatic rings. The molecular weight excluding hydrogens is 444 g/mol. The van der Waals surface area contributed by atoms with E-state index in [1.807, 2.05) is 61.5 Å². The third-order valence-corrected chi connectivity index (χ3v) is 8.35. The van der Waals surface area contributed by atoms with E-state index in [1.165, 1.54) is 5.56 Å². The lowest BCUT2D eigenvalue weighted by atomic mass is 9.93. The van der Waals surface area contributed by atoms with Gasteiger partial charge in [0.2, 0.25) is 5.91 Å². The van der Waals surface area contributed by atoms with Crippen molar-refractivity contribution in [1.29, 1.82) is 0 Å². The van der Waals surface area contributed by atoms with E-state index >= 15 is 0 Å². The molecule has 0 fully saturated rings. The largest absolute Gasteiger partial charge is 0.378 e. The number of hydrogen-bond acceptors (Lipinski definition) is 4. The van der Waals surface area contributed by atoms with Crippen LogP contribution in [0.15, 0.2) is 77.7 Å². The highest BCUT2D eigenvalue weighted by molar-refractivity contribution is 7.91. The third-order valence-electron chi connectivity index (χ3n) is 6.53. The minimum Gasteiger partial charge on any atom is -0.378 e.